The Kier molecular flexibility index (Phi) is 4.71. The number of benzene rings is 2. The first-order valence-corrected chi connectivity index (χ1v) is 7.12. The first-order valence-electron chi connectivity index (χ1n) is 5.54. The van der Waals surface area contributed by atoms with Crippen LogP contribution in [0.3, 0.4) is 0 Å². The van der Waals surface area contributed by atoms with Gasteiger partial charge in [0.25, 0.3) is 5.91 Å². The molecule has 0 saturated heterocycles. The number of carbonyl (C=O) groups is 1. The van der Waals surface area contributed by atoms with Gasteiger partial charge in [0.1, 0.15) is 5.82 Å². The zero-order valence-corrected chi connectivity index (χ0v) is 13.0. The minimum atomic E-state index is -0.386. The SMILES string of the molecule is O=C(NCc1cccc(Br)c1)c1ccc(F)c(Br)c1. The van der Waals surface area contributed by atoms with Crippen LogP contribution in [0.1, 0.15) is 15.9 Å². The first-order chi connectivity index (χ1) is 9.06. The molecule has 0 fully saturated rings. The normalized spacial score (nSPS) is 10.3. The average Bonchev–Trinajstić information content (AvgIpc) is 2.39. The number of nitrogens with one attached hydrogen (secondary N) is 1. The van der Waals surface area contributed by atoms with E-state index in [0.29, 0.717) is 12.1 Å². The molecule has 2 aromatic carbocycles. The summed E-state index contributed by atoms with van der Waals surface area (Å²) >= 11 is 6.43. The largest absolute Gasteiger partial charge is 0.348 e. The fraction of sp³-hybridized carbons (Fsp3) is 0.0714. The summed E-state index contributed by atoms with van der Waals surface area (Å²) in [7, 11) is 0. The topological polar surface area (TPSA) is 29.1 Å². The van der Waals surface area contributed by atoms with Crippen molar-refractivity contribution in [1.82, 2.24) is 5.32 Å². The molecule has 0 atom stereocenters. The highest BCUT2D eigenvalue weighted by Gasteiger charge is 2.08. The molecular formula is C14H10Br2FNO. The van der Waals surface area contributed by atoms with Crippen molar-refractivity contribution in [2.45, 2.75) is 6.54 Å². The van der Waals surface area contributed by atoms with E-state index in [1.807, 2.05) is 24.3 Å². The molecule has 1 amide bonds. The maximum Gasteiger partial charge on any atom is 0.251 e. The Bertz CT molecular complexity index is 616. The third-order valence-electron chi connectivity index (χ3n) is 2.52. The molecule has 0 unspecified atom stereocenters. The summed E-state index contributed by atoms with van der Waals surface area (Å²) in [5.74, 6) is -0.621. The van der Waals surface area contributed by atoms with E-state index >= 15 is 0 Å². The quantitative estimate of drug-likeness (QED) is 0.837. The highest BCUT2D eigenvalue weighted by molar-refractivity contribution is 9.10. The van der Waals surface area contributed by atoms with Gasteiger partial charge in [-0.25, -0.2) is 4.39 Å². The molecule has 2 rings (SSSR count). The van der Waals surface area contributed by atoms with Crippen LogP contribution >= 0.6 is 31.9 Å². The molecule has 0 heterocycles. The summed E-state index contributed by atoms with van der Waals surface area (Å²) in [5, 5.41) is 2.79. The smallest absolute Gasteiger partial charge is 0.251 e. The maximum absolute atomic E-state index is 13.1. The Labute approximate surface area is 127 Å². The lowest BCUT2D eigenvalue weighted by Crippen LogP contribution is -2.22. The summed E-state index contributed by atoms with van der Waals surface area (Å²) < 4.78 is 14.3. The fourth-order valence-electron chi connectivity index (χ4n) is 1.57. The van der Waals surface area contributed by atoms with Gasteiger partial charge in [-0.3, -0.25) is 4.79 Å². The Morgan fingerprint density at radius 3 is 2.63 bits per heavy atom. The van der Waals surface area contributed by atoms with Crippen molar-refractivity contribution in [2.24, 2.45) is 0 Å². The molecule has 0 bridgehead atoms. The van der Waals surface area contributed by atoms with Crippen LogP contribution in [0.25, 0.3) is 0 Å². The van der Waals surface area contributed by atoms with E-state index in [4.69, 9.17) is 0 Å². The Morgan fingerprint density at radius 2 is 1.95 bits per heavy atom. The van der Waals surface area contributed by atoms with E-state index in [0.717, 1.165) is 10.0 Å². The van der Waals surface area contributed by atoms with Crippen molar-refractivity contribution >= 4 is 37.8 Å². The predicted octanol–water partition coefficient (Wildman–Crippen LogP) is 4.28. The van der Waals surface area contributed by atoms with Gasteiger partial charge in [0.05, 0.1) is 4.47 Å². The molecule has 5 heteroatoms. The summed E-state index contributed by atoms with van der Waals surface area (Å²) in [6.07, 6.45) is 0. The van der Waals surface area contributed by atoms with Crippen LogP contribution in [0.15, 0.2) is 51.4 Å². The summed E-state index contributed by atoms with van der Waals surface area (Å²) in [6.45, 7) is 0.424. The Balaban J connectivity index is 2.03. The second-order valence-electron chi connectivity index (χ2n) is 3.94. The van der Waals surface area contributed by atoms with Crippen molar-refractivity contribution in [3.8, 4) is 0 Å². The van der Waals surface area contributed by atoms with Gasteiger partial charge < -0.3 is 5.32 Å². The van der Waals surface area contributed by atoms with Gasteiger partial charge >= 0.3 is 0 Å². The van der Waals surface area contributed by atoms with Gasteiger partial charge in [-0.2, -0.15) is 0 Å². The molecule has 98 valence electrons. The van der Waals surface area contributed by atoms with Crippen LogP contribution < -0.4 is 5.32 Å². The van der Waals surface area contributed by atoms with E-state index in [1.54, 1.807) is 0 Å². The second-order valence-corrected chi connectivity index (χ2v) is 5.71. The van der Waals surface area contributed by atoms with Gasteiger partial charge in [-0.1, -0.05) is 28.1 Å². The second kappa shape index (κ2) is 6.30. The predicted molar refractivity (Wildman–Crippen MR) is 79.4 cm³/mol. The third-order valence-corrected chi connectivity index (χ3v) is 3.62. The molecule has 0 aliphatic heterocycles. The minimum absolute atomic E-state index is 0.235. The van der Waals surface area contributed by atoms with Crippen LogP contribution in [-0.2, 0) is 6.54 Å². The van der Waals surface area contributed by atoms with Gasteiger partial charge in [0.15, 0.2) is 0 Å². The van der Waals surface area contributed by atoms with Gasteiger partial charge in [-0.15, -0.1) is 0 Å². The Hall–Kier alpha value is -1.20. The number of amides is 1. The maximum atomic E-state index is 13.1. The van der Waals surface area contributed by atoms with Crippen molar-refractivity contribution in [1.29, 1.82) is 0 Å². The van der Waals surface area contributed by atoms with E-state index in [1.165, 1.54) is 18.2 Å². The van der Waals surface area contributed by atoms with E-state index in [-0.39, 0.29) is 16.2 Å². The molecule has 0 aliphatic rings. The standard InChI is InChI=1S/C14H10Br2FNO/c15-11-3-1-2-9(6-11)8-18-14(19)10-4-5-13(17)12(16)7-10/h1-7H,8H2,(H,18,19). The molecule has 0 aliphatic carbocycles. The lowest BCUT2D eigenvalue weighted by atomic mass is 10.2. The number of hydrogen-bond donors (Lipinski definition) is 1. The number of rotatable bonds is 3. The zero-order chi connectivity index (χ0) is 13.8. The molecular weight excluding hydrogens is 377 g/mol. The van der Waals surface area contributed by atoms with Crippen molar-refractivity contribution < 1.29 is 9.18 Å². The number of carbonyl (C=O) groups excluding carboxylic acids is 1. The van der Waals surface area contributed by atoms with Crippen molar-refractivity contribution in [3.05, 3.63) is 68.4 Å². The zero-order valence-electron chi connectivity index (χ0n) is 9.79. The number of hydrogen-bond acceptors (Lipinski definition) is 1. The fourth-order valence-corrected chi connectivity index (χ4v) is 2.39. The van der Waals surface area contributed by atoms with E-state index in [2.05, 4.69) is 37.2 Å². The van der Waals surface area contributed by atoms with Crippen LogP contribution in [0.2, 0.25) is 0 Å². The third kappa shape index (κ3) is 3.88. The van der Waals surface area contributed by atoms with Crippen molar-refractivity contribution in [3.63, 3.8) is 0 Å². The summed E-state index contributed by atoms with van der Waals surface area (Å²) in [4.78, 5) is 11.9. The van der Waals surface area contributed by atoms with Crippen LogP contribution in [-0.4, -0.2) is 5.91 Å². The van der Waals surface area contributed by atoms with Gasteiger partial charge in [0, 0.05) is 16.6 Å². The minimum Gasteiger partial charge on any atom is -0.348 e. The van der Waals surface area contributed by atoms with E-state index < -0.39 is 0 Å². The first kappa shape index (κ1) is 14.2. The highest BCUT2D eigenvalue weighted by atomic mass is 79.9. The molecule has 0 saturated carbocycles. The molecule has 19 heavy (non-hydrogen) atoms. The van der Waals surface area contributed by atoms with Gasteiger partial charge in [-0.05, 0) is 51.8 Å². The van der Waals surface area contributed by atoms with Crippen LogP contribution in [0, 0.1) is 5.82 Å². The Morgan fingerprint density at radius 1 is 1.16 bits per heavy atom. The molecule has 1 N–H and O–H groups in total. The molecule has 0 aromatic heterocycles. The molecule has 0 spiro atoms. The summed E-state index contributed by atoms with van der Waals surface area (Å²) in [5.41, 5.74) is 1.41. The van der Waals surface area contributed by atoms with Gasteiger partial charge in [0.2, 0.25) is 0 Å². The molecule has 2 nitrogen and oxygen atoms in total. The van der Waals surface area contributed by atoms with Crippen LogP contribution in [0.5, 0.6) is 0 Å². The highest BCUT2D eigenvalue weighted by Crippen LogP contribution is 2.17. The monoisotopic (exact) mass is 385 g/mol. The van der Waals surface area contributed by atoms with Crippen LogP contribution in [0.4, 0.5) is 4.39 Å². The lowest BCUT2D eigenvalue weighted by molar-refractivity contribution is 0.0951. The number of halogens is 3. The molecule has 2 aromatic rings. The summed E-state index contributed by atoms with van der Waals surface area (Å²) in [6, 6.07) is 11.9. The van der Waals surface area contributed by atoms with Crippen molar-refractivity contribution in [2.75, 3.05) is 0 Å². The lowest BCUT2D eigenvalue weighted by Gasteiger charge is -2.06. The van der Waals surface area contributed by atoms with E-state index in [9.17, 15) is 9.18 Å². The molecule has 0 radical (unpaired) electrons. The average molecular weight is 387 g/mol.